The molecule has 0 saturated heterocycles. The van der Waals surface area contributed by atoms with Gasteiger partial charge in [0.25, 0.3) is 0 Å². The quantitative estimate of drug-likeness (QED) is 0.307. The second kappa shape index (κ2) is 4.70. The van der Waals surface area contributed by atoms with Gasteiger partial charge in [0.05, 0.1) is 21.9 Å². The van der Waals surface area contributed by atoms with Crippen molar-refractivity contribution in [1.29, 1.82) is 0 Å². The van der Waals surface area contributed by atoms with Gasteiger partial charge < -0.3 is 8.82 Å². The fourth-order valence-corrected chi connectivity index (χ4v) is 4.86. The first-order chi connectivity index (χ1) is 13.8. The number of hydrogen-bond acceptors (Lipinski definition) is 2. The van der Waals surface area contributed by atoms with Gasteiger partial charge in [0.15, 0.2) is 0 Å². The highest BCUT2D eigenvalue weighted by Crippen LogP contribution is 2.42. The van der Waals surface area contributed by atoms with E-state index in [1.165, 1.54) is 5.39 Å². The molecule has 3 heteroatoms. The van der Waals surface area contributed by atoms with Crippen LogP contribution in [0, 0.1) is 0 Å². The molecule has 7 rings (SSSR count). The highest BCUT2D eigenvalue weighted by molar-refractivity contribution is 6.32. The van der Waals surface area contributed by atoms with Gasteiger partial charge in [0, 0.05) is 26.9 Å². The van der Waals surface area contributed by atoms with E-state index in [9.17, 15) is 4.79 Å². The molecule has 0 amide bonds. The van der Waals surface area contributed by atoms with Crippen molar-refractivity contribution in [3.63, 3.8) is 0 Å². The van der Waals surface area contributed by atoms with Crippen molar-refractivity contribution < 1.29 is 4.42 Å². The average Bonchev–Trinajstić information content (AvgIpc) is 3.26. The highest BCUT2D eigenvalue weighted by Gasteiger charge is 2.23. The zero-order chi connectivity index (χ0) is 18.4. The van der Waals surface area contributed by atoms with Gasteiger partial charge in [-0.15, -0.1) is 0 Å². The zero-order valence-electron chi connectivity index (χ0n) is 14.8. The summed E-state index contributed by atoms with van der Waals surface area (Å²) in [5.41, 5.74) is 3.50. The van der Waals surface area contributed by atoms with E-state index in [0.29, 0.717) is 11.0 Å². The van der Waals surface area contributed by atoms with E-state index in [1.807, 2.05) is 36.4 Å². The molecule has 4 aromatic heterocycles. The third kappa shape index (κ3) is 1.50. The minimum Gasteiger partial charge on any atom is -0.422 e. The first-order valence-electron chi connectivity index (χ1n) is 9.34. The standard InChI is InChI=1S/C25H13NO2/c27-25-22-21(18-11-5-6-12-20(18)28-25)24-17-10-4-3-9-16(17)19-13-14-7-1-2-8-15(14)23(22)26(19)24/h1-13H. The molecule has 3 aromatic carbocycles. The Hall–Kier alpha value is -3.85. The number of para-hydroxylation sites is 1. The maximum atomic E-state index is 13.1. The first-order valence-corrected chi connectivity index (χ1v) is 9.34. The van der Waals surface area contributed by atoms with E-state index in [2.05, 4.69) is 46.9 Å². The number of aromatic nitrogens is 1. The van der Waals surface area contributed by atoms with Crippen LogP contribution in [-0.2, 0) is 0 Å². The summed E-state index contributed by atoms with van der Waals surface area (Å²) in [5, 5.41) is 7.18. The molecular weight excluding hydrogens is 346 g/mol. The maximum absolute atomic E-state index is 13.1. The van der Waals surface area contributed by atoms with Crippen molar-refractivity contribution in [2.45, 2.75) is 0 Å². The molecule has 0 aliphatic heterocycles. The Morgan fingerprint density at radius 1 is 0.643 bits per heavy atom. The summed E-state index contributed by atoms with van der Waals surface area (Å²) in [6, 6.07) is 26.7. The van der Waals surface area contributed by atoms with Crippen molar-refractivity contribution in [2.24, 2.45) is 0 Å². The molecule has 0 saturated carbocycles. The lowest BCUT2D eigenvalue weighted by molar-refractivity contribution is 0.570. The maximum Gasteiger partial charge on any atom is 0.346 e. The number of nitrogens with zero attached hydrogens (tertiary/aromatic N) is 1. The van der Waals surface area contributed by atoms with Crippen LogP contribution in [0.4, 0.5) is 0 Å². The van der Waals surface area contributed by atoms with Gasteiger partial charge in [-0.1, -0.05) is 66.7 Å². The first kappa shape index (κ1) is 14.2. The topological polar surface area (TPSA) is 34.6 Å². The van der Waals surface area contributed by atoms with E-state index >= 15 is 0 Å². The Morgan fingerprint density at radius 2 is 1.29 bits per heavy atom. The smallest absolute Gasteiger partial charge is 0.346 e. The second-order valence-corrected chi connectivity index (χ2v) is 7.33. The minimum absolute atomic E-state index is 0.279. The molecule has 130 valence electrons. The van der Waals surface area contributed by atoms with E-state index in [4.69, 9.17) is 4.42 Å². The Bertz CT molecular complexity index is 1790. The van der Waals surface area contributed by atoms with Crippen LogP contribution >= 0.6 is 0 Å². The van der Waals surface area contributed by atoms with Gasteiger partial charge >= 0.3 is 5.63 Å². The number of benzene rings is 3. The van der Waals surface area contributed by atoms with Crippen molar-refractivity contribution in [3.05, 3.63) is 89.3 Å². The van der Waals surface area contributed by atoms with E-state index in [-0.39, 0.29) is 5.63 Å². The number of rotatable bonds is 0. The number of hydrogen-bond donors (Lipinski definition) is 0. The summed E-state index contributed by atoms with van der Waals surface area (Å²) in [6.07, 6.45) is 0. The molecule has 0 unspecified atom stereocenters. The molecule has 0 N–H and O–H groups in total. The molecule has 0 spiro atoms. The molecule has 0 bridgehead atoms. The van der Waals surface area contributed by atoms with Crippen molar-refractivity contribution in [2.75, 3.05) is 0 Å². The van der Waals surface area contributed by atoms with Crippen LogP contribution in [0.15, 0.2) is 88.1 Å². The Morgan fingerprint density at radius 3 is 2.14 bits per heavy atom. The Labute approximate surface area is 158 Å². The zero-order valence-corrected chi connectivity index (χ0v) is 14.8. The fourth-order valence-electron chi connectivity index (χ4n) is 4.86. The third-order valence-corrected chi connectivity index (χ3v) is 5.94. The average molecular weight is 359 g/mol. The van der Waals surface area contributed by atoms with Crippen LogP contribution in [0.5, 0.6) is 0 Å². The lowest BCUT2D eigenvalue weighted by atomic mass is 10.0. The minimum atomic E-state index is -0.279. The second-order valence-electron chi connectivity index (χ2n) is 7.33. The Balaban J connectivity index is 2.02. The van der Waals surface area contributed by atoms with Gasteiger partial charge in [0.2, 0.25) is 0 Å². The molecule has 0 aliphatic rings. The van der Waals surface area contributed by atoms with Crippen LogP contribution in [0.2, 0.25) is 0 Å². The summed E-state index contributed by atoms with van der Waals surface area (Å²) in [4.78, 5) is 13.1. The van der Waals surface area contributed by atoms with Crippen molar-refractivity contribution in [3.8, 4) is 0 Å². The van der Waals surface area contributed by atoms with Crippen LogP contribution in [0.25, 0.3) is 59.8 Å². The predicted molar refractivity (Wildman–Crippen MR) is 115 cm³/mol. The number of pyridine rings is 1. The lowest BCUT2D eigenvalue weighted by Crippen LogP contribution is -1.99. The third-order valence-electron chi connectivity index (χ3n) is 5.94. The molecule has 28 heavy (non-hydrogen) atoms. The molecule has 4 heterocycles. The summed E-state index contributed by atoms with van der Waals surface area (Å²) in [7, 11) is 0. The Kier molecular flexibility index (Phi) is 2.39. The van der Waals surface area contributed by atoms with E-state index in [1.54, 1.807) is 0 Å². The molecule has 3 nitrogen and oxygen atoms in total. The van der Waals surface area contributed by atoms with E-state index < -0.39 is 0 Å². The normalized spacial score (nSPS) is 12.4. The molecule has 0 radical (unpaired) electrons. The van der Waals surface area contributed by atoms with Gasteiger partial charge in [0.1, 0.15) is 5.58 Å². The fraction of sp³-hybridized carbons (Fsp3) is 0. The summed E-state index contributed by atoms with van der Waals surface area (Å²) >= 11 is 0. The van der Waals surface area contributed by atoms with Crippen LogP contribution in [-0.4, -0.2) is 4.40 Å². The number of fused-ring (bicyclic) bond motifs is 10. The highest BCUT2D eigenvalue weighted by atomic mass is 16.4. The largest absolute Gasteiger partial charge is 0.422 e. The van der Waals surface area contributed by atoms with Crippen LogP contribution < -0.4 is 5.63 Å². The molecule has 0 atom stereocenters. The molecular formula is C25H13NO2. The van der Waals surface area contributed by atoms with Gasteiger partial charge in [-0.3, -0.25) is 0 Å². The summed E-state index contributed by atoms with van der Waals surface area (Å²) in [5.74, 6) is 0. The summed E-state index contributed by atoms with van der Waals surface area (Å²) < 4.78 is 7.98. The molecule has 7 aromatic rings. The SMILES string of the molecule is O=c1oc2ccccc2c2c1c1c3ccccc3cc3c4ccccc4c2n31. The molecule has 0 fully saturated rings. The van der Waals surface area contributed by atoms with Gasteiger partial charge in [-0.25, -0.2) is 4.79 Å². The van der Waals surface area contributed by atoms with Crippen LogP contribution in [0.1, 0.15) is 0 Å². The monoisotopic (exact) mass is 359 g/mol. The van der Waals surface area contributed by atoms with Crippen molar-refractivity contribution in [1.82, 2.24) is 4.40 Å². The van der Waals surface area contributed by atoms with Gasteiger partial charge in [-0.05, 0) is 17.5 Å². The predicted octanol–water partition coefficient (Wildman–Crippen LogP) is 6.10. The van der Waals surface area contributed by atoms with Gasteiger partial charge in [-0.2, -0.15) is 0 Å². The van der Waals surface area contributed by atoms with E-state index in [0.717, 1.165) is 43.5 Å². The van der Waals surface area contributed by atoms with Crippen LogP contribution in [0.3, 0.4) is 0 Å². The van der Waals surface area contributed by atoms with Crippen molar-refractivity contribution >= 4 is 59.8 Å². The summed E-state index contributed by atoms with van der Waals surface area (Å²) in [6.45, 7) is 0. The molecule has 0 aliphatic carbocycles. The lowest BCUT2D eigenvalue weighted by Gasteiger charge is -2.04.